The zero-order valence-corrected chi connectivity index (χ0v) is 6.68. The van der Waals surface area contributed by atoms with E-state index in [4.69, 9.17) is 4.74 Å². The number of hydrogen-bond donors (Lipinski definition) is 0. The Morgan fingerprint density at radius 1 is 1.50 bits per heavy atom. The zero-order chi connectivity index (χ0) is 7.40. The fourth-order valence-electron chi connectivity index (χ4n) is 1.19. The van der Waals surface area contributed by atoms with Crippen LogP contribution in [-0.2, 0) is 4.74 Å². The molecule has 0 aromatic rings. The molecule has 1 aliphatic heterocycles. The van der Waals surface area contributed by atoms with E-state index in [0.29, 0.717) is 12.2 Å². The molecule has 0 radical (unpaired) electrons. The summed E-state index contributed by atoms with van der Waals surface area (Å²) < 4.78 is 5.29. The lowest BCUT2D eigenvalue weighted by Crippen LogP contribution is -1.89. The van der Waals surface area contributed by atoms with Crippen molar-refractivity contribution in [2.24, 2.45) is 0 Å². The van der Waals surface area contributed by atoms with Crippen molar-refractivity contribution in [3.05, 3.63) is 12.7 Å². The Balaban J connectivity index is 1.91. The monoisotopic (exact) mass is 140 g/mol. The van der Waals surface area contributed by atoms with Gasteiger partial charge in [0.1, 0.15) is 6.10 Å². The molecule has 1 heteroatoms. The molecule has 0 aliphatic carbocycles. The first-order valence-corrected chi connectivity index (χ1v) is 4.16. The van der Waals surface area contributed by atoms with Gasteiger partial charge in [0.25, 0.3) is 0 Å². The number of hydrogen-bond acceptors (Lipinski definition) is 1. The number of epoxide rings is 1. The second kappa shape index (κ2) is 3.77. The van der Waals surface area contributed by atoms with Crippen LogP contribution in [0.15, 0.2) is 12.7 Å². The average molecular weight is 140 g/mol. The summed E-state index contributed by atoms with van der Waals surface area (Å²) in [7, 11) is 0. The van der Waals surface area contributed by atoms with Crippen LogP contribution in [-0.4, -0.2) is 12.2 Å². The van der Waals surface area contributed by atoms with Gasteiger partial charge in [-0.2, -0.15) is 0 Å². The van der Waals surface area contributed by atoms with E-state index in [0.717, 1.165) is 0 Å². The maximum Gasteiger partial charge on any atom is 0.102 e. The van der Waals surface area contributed by atoms with E-state index in [-0.39, 0.29) is 0 Å². The van der Waals surface area contributed by atoms with Crippen molar-refractivity contribution < 1.29 is 4.74 Å². The highest BCUT2D eigenvalue weighted by Crippen LogP contribution is 2.27. The first kappa shape index (κ1) is 7.80. The van der Waals surface area contributed by atoms with Crippen LogP contribution in [0.3, 0.4) is 0 Å². The molecular formula is C9H16O. The van der Waals surface area contributed by atoms with Crippen LogP contribution in [0.2, 0.25) is 0 Å². The van der Waals surface area contributed by atoms with E-state index in [1.165, 1.54) is 25.7 Å². The smallest absolute Gasteiger partial charge is 0.102 e. The summed E-state index contributed by atoms with van der Waals surface area (Å²) in [6, 6.07) is 0. The summed E-state index contributed by atoms with van der Waals surface area (Å²) in [6.07, 6.45) is 7.97. The minimum absolute atomic E-state index is 0.386. The lowest BCUT2D eigenvalue weighted by Gasteiger charge is -1.91. The van der Waals surface area contributed by atoms with Gasteiger partial charge in [0, 0.05) is 0 Å². The van der Waals surface area contributed by atoms with Crippen LogP contribution in [0, 0.1) is 0 Å². The SMILES string of the molecule is C=C[C@H]1OC1CCCCC. The minimum atomic E-state index is 0.386. The summed E-state index contributed by atoms with van der Waals surface area (Å²) in [4.78, 5) is 0. The topological polar surface area (TPSA) is 12.5 Å². The van der Waals surface area contributed by atoms with Crippen molar-refractivity contribution >= 4 is 0 Å². The summed E-state index contributed by atoms with van der Waals surface area (Å²) in [6.45, 7) is 5.90. The summed E-state index contributed by atoms with van der Waals surface area (Å²) in [5.74, 6) is 0. The highest BCUT2D eigenvalue weighted by atomic mass is 16.6. The molecule has 1 saturated heterocycles. The number of unbranched alkanes of at least 4 members (excludes halogenated alkanes) is 2. The van der Waals surface area contributed by atoms with Crippen molar-refractivity contribution in [3.8, 4) is 0 Å². The second-order valence-corrected chi connectivity index (χ2v) is 2.87. The third-order valence-electron chi connectivity index (χ3n) is 1.95. The third-order valence-corrected chi connectivity index (χ3v) is 1.95. The Hall–Kier alpha value is -0.300. The predicted molar refractivity (Wildman–Crippen MR) is 43.0 cm³/mol. The van der Waals surface area contributed by atoms with Crippen LogP contribution in [0.4, 0.5) is 0 Å². The van der Waals surface area contributed by atoms with Gasteiger partial charge in [0.15, 0.2) is 0 Å². The predicted octanol–water partition coefficient (Wildman–Crippen LogP) is 2.52. The molecule has 1 rings (SSSR count). The highest BCUT2D eigenvalue weighted by Gasteiger charge is 2.34. The van der Waals surface area contributed by atoms with Gasteiger partial charge in [0.05, 0.1) is 6.10 Å². The zero-order valence-electron chi connectivity index (χ0n) is 6.68. The van der Waals surface area contributed by atoms with Crippen LogP contribution < -0.4 is 0 Å². The molecule has 0 spiro atoms. The van der Waals surface area contributed by atoms with Crippen LogP contribution >= 0.6 is 0 Å². The van der Waals surface area contributed by atoms with E-state index in [2.05, 4.69) is 13.5 Å². The highest BCUT2D eigenvalue weighted by molar-refractivity contribution is 4.97. The number of ether oxygens (including phenoxy) is 1. The lowest BCUT2D eigenvalue weighted by molar-refractivity contribution is 0.373. The Kier molecular flexibility index (Phi) is 2.94. The number of rotatable bonds is 5. The maximum absolute atomic E-state index is 5.29. The molecule has 1 aliphatic rings. The Labute approximate surface area is 63.1 Å². The second-order valence-electron chi connectivity index (χ2n) is 2.87. The fourth-order valence-corrected chi connectivity index (χ4v) is 1.19. The molecule has 10 heavy (non-hydrogen) atoms. The molecule has 1 heterocycles. The first-order chi connectivity index (χ1) is 4.88. The standard InChI is InChI=1S/C9H16O/c1-3-5-6-7-9-8(4-2)10-9/h4,8-9H,2-3,5-7H2,1H3/t8-,9?/m1/s1. The van der Waals surface area contributed by atoms with E-state index < -0.39 is 0 Å². The molecule has 0 amide bonds. The molecular weight excluding hydrogens is 124 g/mol. The van der Waals surface area contributed by atoms with Crippen LogP contribution in [0.5, 0.6) is 0 Å². The minimum Gasteiger partial charge on any atom is -0.365 e. The van der Waals surface area contributed by atoms with Gasteiger partial charge in [-0.05, 0) is 6.42 Å². The van der Waals surface area contributed by atoms with Gasteiger partial charge < -0.3 is 4.74 Å². The Morgan fingerprint density at radius 3 is 2.80 bits per heavy atom. The van der Waals surface area contributed by atoms with Crippen molar-refractivity contribution in [1.29, 1.82) is 0 Å². The van der Waals surface area contributed by atoms with Gasteiger partial charge in [-0.1, -0.05) is 32.3 Å². The van der Waals surface area contributed by atoms with E-state index >= 15 is 0 Å². The molecule has 1 nitrogen and oxygen atoms in total. The molecule has 1 unspecified atom stereocenters. The summed E-state index contributed by atoms with van der Waals surface area (Å²) >= 11 is 0. The third kappa shape index (κ3) is 2.14. The normalized spacial score (nSPS) is 30.1. The van der Waals surface area contributed by atoms with Crippen molar-refractivity contribution in [1.82, 2.24) is 0 Å². The fraction of sp³-hybridized carbons (Fsp3) is 0.778. The van der Waals surface area contributed by atoms with Gasteiger partial charge in [-0.3, -0.25) is 0 Å². The Bertz CT molecular complexity index is 109. The van der Waals surface area contributed by atoms with E-state index in [1.807, 2.05) is 6.08 Å². The van der Waals surface area contributed by atoms with Gasteiger partial charge in [-0.25, -0.2) is 0 Å². The van der Waals surface area contributed by atoms with E-state index in [1.54, 1.807) is 0 Å². The maximum atomic E-state index is 5.29. The molecule has 2 atom stereocenters. The summed E-state index contributed by atoms with van der Waals surface area (Å²) in [5, 5.41) is 0. The molecule has 0 N–H and O–H groups in total. The van der Waals surface area contributed by atoms with Crippen molar-refractivity contribution in [2.45, 2.75) is 44.8 Å². The van der Waals surface area contributed by atoms with Crippen LogP contribution in [0.25, 0.3) is 0 Å². The molecule has 0 bridgehead atoms. The van der Waals surface area contributed by atoms with Crippen LogP contribution in [0.1, 0.15) is 32.6 Å². The van der Waals surface area contributed by atoms with Gasteiger partial charge in [0.2, 0.25) is 0 Å². The lowest BCUT2D eigenvalue weighted by atomic mass is 10.1. The molecule has 1 fully saturated rings. The van der Waals surface area contributed by atoms with Crippen molar-refractivity contribution in [3.63, 3.8) is 0 Å². The Morgan fingerprint density at radius 2 is 2.30 bits per heavy atom. The summed E-state index contributed by atoms with van der Waals surface area (Å²) in [5.41, 5.74) is 0. The van der Waals surface area contributed by atoms with E-state index in [9.17, 15) is 0 Å². The quantitative estimate of drug-likeness (QED) is 0.325. The molecule has 58 valence electrons. The van der Waals surface area contributed by atoms with Crippen molar-refractivity contribution in [2.75, 3.05) is 0 Å². The molecule has 0 aromatic carbocycles. The van der Waals surface area contributed by atoms with Gasteiger partial charge in [-0.15, -0.1) is 6.58 Å². The molecule has 0 aromatic heterocycles. The average Bonchev–Trinajstić information content (AvgIpc) is 2.68. The van der Waals surface area contributed by atoms with Gasteiger partial charge >= 0.3 is 0 Å². The first-order valence-electron chi connectivity index (χ1n) is 4.16. The largest absolute Gasteiger partial charge is 0.365 e. The molecule has 0 saturated carbocycles.